The topological polar surface area (TPSA) is 62.3 Å². The Labute approximate surface area is 125 Å². The van der Waals surface area contributed by atoms with Crippen molar-refractivity contribution < 1.29 is 9.47 Å². The Morgan fingerprint density at radius 3 is 2.48 bits per heavy atom. The van der Waals surface area contributed by atoms with Crippen LogP contribution in [0.1, 0.15) is 32.7 Å². The number of nitrogen functional groups attached to an aromatic ring is 1. The van der Waals surface area contributed by atoms with Gasteiger partial charge in [0.05, 0.1) is 25.9 Å². The molecule has 0 aliphatic rings. The van der Waals surface area contributed by atoms with Crippen molar-refractivity contribution in [3.63, 3.8) is 0 Å². The largest absolute Gasteiger partial charge is 0.497 e. The molecule has 0 radical (unpaired) electrons. The molecule has 2 N–H and O–H groups in total. The standard InChI is InChI=1S/C16H23N3O2/c1-5-11(6-2)19-10-14(17)16(18-19)13-8-7-12(20-3)9-15(13)21-4/h7-11H,5-6,17H2,1-4H3. The second kappa shape index (κ2) is 6.52. The molecular formula is C16H23N3O2. The number of benzene rings is 1. The molecule has 0 saturated carbocycles. The van der Waals surface area contributed by atoms with Gasteiger partial charge >= 0.3 is 0 Å². The highest BCUT2D eigenvalue weighted by molar-refractivity contribution is 5.77. The molecule has 2 aromatic rings. The highest BCUT2D eigenvalue weighted by Gasteiger charge is 2.17. The van der Waals surface area contributed by atoms with Crippen LogP contribution >= 0.6 is 0 Å². The van der Waals surface area contributed by atoms with Gasteiger partial charge in [0.2, 0.25) is 0 Å². The summed E-state index contributed by atoms with van der Waals surface area (Å²) < 4.78 is 12.6. The van der Waals surface area contributed by atoms with Crippen LogP contribution in [0.3, 0.4) is 0 Å². The summed E-state index contributed by atoms with van der Waals surface area (Å²) in [4.78, 5) is 0. The van der Waals surface area contributed by atoms with E-state index in [1.54, 1.807) is 14.2 Å². The minimum atomic E-state index is 0.366. The quantitative estimate of drug-likeness (QED) is 0.884. The lowest BCUT2D eigenvalue weighted by atomic mass is 10.1. The number of rotatable bonds is 6. The van der Waals surface area contributed by atoms with Crippen LogP contribution in [0, 0.1) is 0 Å². The lowest BCUT2D eigenvalue weighted by molar-refractivity contribution is 0.395. The van der Waals surface area contributed by atoms with Gasteiger partial charge in [-0.05, 0) is 25.0 Å². The van der Waals surface area contributed by atoms with Crippen molar-refractivity contribution in [1.82, 2.24) is 9.78 Å². The Balaban J connectivity index is 2.47. The van der Waals surface area contributed by atoms with Gasteiger partial charge in [-0.2, -0.15) is 5.10 Å². The summed E-state index contributed by atoms with van der Waals surface area (Å²) in [5, 5.41) is 4.66. The zero-order chi connectivity index (χ0) is 15.4. The fourth-order valence-electron chi connectivity index (χ4n) is 2.46. The minimum absolute atomic E-state index is 0.366. The smallest absolute Gasteiger partial charge is 0.132 e. The molecule has 5 heteroatoms. The SMILES string of the molecule is CCC(CC)n1cc(N)c(-c2ccc(OC)cc2OC)n1. The number of nitrogens with two attached hydrogens (primary N) is 1. The summed E-state index contributed by atoms with van der Waals surface area (Å²) >= 11 is 0. The first-order valence-corrected chi connectivity index (χ1v) is 7.21. The van der Waals surface area contributed by atoms with Crippen molar-refractivity contribution >= 4 is 5.69 Å². The molecule has 0 atom stereocenters. The Morgan fingerprint density at radius 1 is 1.19 bits per heavy atom. The van der Waals surface area contributed by atoms with Crippen LogP contribution in [0.15, 0.2) is 24.4 Å². The molecule has 1 aromatic heterocycles. The average molecular weight is 289 g/mol. The van der Waals surface area contributed by atoms with Crippen molar-refractivity contribution in [1.29, 1.82) is 0 Å². The predicted molar refractivity (Wildman–Crippen MR) is 84.8 cm³/mol. The Morgan fingerprint density at radius 2 is 1.90 bits per heavy atom. The molecule has 0 saturated heterocycles. The number of ether oxygens (including phenoxy) is 2. The third-order valence-electron chi connectivity index (χ3n) is 3.74. The van der Waals surface area contributed by atoms with E-state index < -0.39 is 0 Å². The summed E-state index contributed by atoms with van der Waals surface area (Å²) in [5.74, 6) is 1.45. The molecule has 0 bridgehead atoms. The fraction of sp³-hybridized carbons (Fsp3) is 0.438. The highest BCUT2D eigenvalue weighted by atomic mass is 16.5. The van der Waals surface area contributed by atoms with Gasteiger partial charge in [0.15, 0.2) is 0 Å². The zero-order valence-corrected chi connectivity index (χ0v) is 13.1. The molecule has 114 valence electrons. The van der Waals surface area contributed by atoms with E-state index in [9.17, 15) is 0 Å². The molecule has 5 nitrogen and oxygen atoms in total. The predicted octanol–water partition coefficient (Wildman–Crippen LogP) is 3.51. The fourth-order valence-corrected chi connectivity index (χ4v) is 2.46. The van der Waals surface area contributed by atoms with E-state index in [2.05, 4.69) is 18.9 Å². The van der Waals surface area contributed by atoms with Crippen LogP contribution in [0.2, 0.25) is 0 Å². The molecule has 0 amide bonds. The second-order valence-electron chi connectivity index (χ2n) is 4.95. The van der Waals surface area contributed by atoms with Gasteiger partial charge in [-0.3, -0.25) is 4.68 Å². The first kappa shape index (κ1) is 15.2. The summed E-state index contributed by atoms with van der Waals surface area (Å²) in [6.45, 7) is 4.30. The number of hydrogen-bond acceptors (Lipinski definition) is 4. The van der Waals surface area contributed by atoms with E-state index in [0.717, 1.165) is 29.8 Å². The molecule has 0 aliphatic carbocycles. The number of methoxy groups -OCH3 is 2. The van der Waals surface area contributed by atoms with Crippen molar-refractivity contribution in [2.45, 2.75) is 32.7 Å². The van der Waals surface area contributed by atoms with Gasteiger partial charge < -0.3 is 15.2 Å². The third kappa shape index (κ3) is 2.96. The maximum atomic E-state index is 6.14. The molecule has 0 aliphatic heterocycles. The highest BCUT2D eigenvalue weighted by Crippen LogP contribution is 2.36. The van der Waals surface area contributed by atoms with E-state index in [-0.39, 0.29) is 0 Å². The Kier molecular flexibility index (Phi) is 4.73. The third-order valence-corrected chi connectivity index (χ3v) is 3.74. The zero-order valence-electron chi connectivity index (χ0n) is 13.1. The second-order valence-corrected chi connectivity index (χ2v) is 4.95. The van der Waals surface area contributed by atoms with Gasteiger partial charge in [-0.15, -0.1) is 0 Å². The first-order chi connectivity index (χ1) is 10.1. The lowest BCUT2D eigenvalue weighted by Crippen LogP contribution is -2.07. The number of hydrogen-bond donors (Lipinski definition) is 1. The molecule has 0 fully saturated rings. The number of nitrogens with zero attached hydrogens (tertiary/aromatic N) is 2. The maximum absolute atomic E-state index is 6.14. The van der Waals surface area contributed by atoms with Gasteiger partial charge in [0.25, 0.3) is 0 Å². The van der Waals surface area contributed by atoms with Crippen LogP contribution in [-0.2, 0) is 0 Å². The van der Waals surface area contributed by atoms with Crippen molar-refractivity contribution in [2.75, 3.05) is 20.0 Å². The molecule has 2 rings (SSSR count). The number of aromatic nitrogens is 2. The van der Waals surface area contributed by atoms with Crippen molar-refractivity contribution in [3.8, 4) is 22.8 Å². The average Bonchev–Trinajstić information content (AvgIpc) is 2.89. The molecule has 1 aromatic carbocycles. The lowest BCUT2D eigenvalue weighted by Gasteiger charge is -2.12. The van der Waals surface area contributed by atoms with E-state index in [0.29, 0.717) is 17.5 Å². The van der Waals surface area contributed by atoms with Crippen LogP contribution in [0.5, 0.6) is 11.5 Å². The normalized spacial score (nSPS) is 10.9. The molecular weight excluding hydrogens is 266 g/mol. The van der Waals surface area contributed by atoms with Gasteiger partial charge in [0.1, 0.15) is 17.2 Å². The summed E-state index contributed by atoms with van der Waals surface area (Å²) in [7, 11) is 3.26. The number of anilines is 1. The summed E-state index contributed by atoms with van der Waals surface area (Å²) in [6, 6.07) is 6.01. The molecule has 1 heterocycles. The first-order valence-electron chi connectivity index (χ1n) is 7.21. The van der Waals surface area contributed by atoms with E-state index in [4.69, 9.17) is 15.2 Å². The maximum Gasteiger partial charge on any atom is 0.132 e. The van der Waals surface area contributed by atoms with E-state index in [1.807, 2.05) is 29.1 Å². The monoisotopic (exact) mass is 289 g/mol. The molecule has 21 heavy (non-hydrogen) atoms. The van der Waals surface area contributed by atoms with Gasteiger partial charge in [0, 0.05) is 17.8 Å². The van der Waals surface area contributed by atoms with Gasteiger partial charge in [-0.1, -0.05) is 13.8 Å². The summed E-state index contributed by atoms with van der Waals surface area (Å²) in [5.41, 5.74) is 8.43. The van der Waals surface area contributed by atoms with Crippen LogP contribution < -0.4 is 15.2 Å². The molecule has 0 unspecified atom stereocenters. The van der Waals surface area contributed by atoms with E-state index >= 15 is 0 Å². The Bertz CT molecular complexity index is 604. The van der Waals surface area contributed by atoms with Gasteiger partial charge in [-0.25, -0.2) is 0 Å². The van der Waals surface area contributed by atoms with Crippen molar-refractivity contribution in [2.24, 2.45) is 0 Å². The Hall–Kier alpha value is -2.17. The van der Waals surface area contributed by atoms with Crippen molar-refractivity contribution in [3.05, 3.63) is 24.4 Å². The minimum Gasteiger partial charge on any atom is -0.497 e. The molecule has 0 spiro atoms. The van der Waals surface area contributed by atoms with Crippen LogP contribution in [0.25, 0.3) is 11.3 Å². The van der Waals surface area contributed by atoms with E-state index in [1.165, 1.54) is 0 Å². The van der Waals surface area contributed by atoms with Crippen LogP contribution in [-0.4, -0.2) is 24.0 Å². The van der Waals surface area contributed by atoms with Crippen LogP contribution in [0.4, 0.5) is 5.69 Å². The summed E-state index contributed by atoms with van der Waals surface area (Å²) in [6.07, 6.45) is 3.95.